The number of aromatic nitrogens is 1. The molecule has 0 saturated heterocycles. The Hall–Kier alpha value is -1.09. The molecule has 1 aliphatic heterocycles. The van der Waals surface area contributed by atoms with Crippen LogP contribution < -0.4 is 5.73 Å². The summed E-state index contributed by atoms with van der Waals surface area (Å²) >= 11 is 0. The van der Waals surface area contributed by atoms with Crippen LogP contribution in [0.3, 0.4) is 0 Å². The van der Waals surface area contributed by atoms with Crippen LogP contribution in [0, 0.1) is 0 Å². The van der Waals surface area contributed by atoms with E-state index in [0.29, 0.717) is 0 Å². The molecule has 0 aliphatic carbocycles. The molecular formula is C10H15N3. The average molecular weight is 177 g/mol. The highest BCUT2D eigenvalue weighted by molar-refractivity contribution is 5.49. The van der Waals surface area contributed by atoms with E-state index in [9.17, 15) is 0 Å². The molecule has 1 aliphatic rings. The van der Waals surface area contributed by atoms with Gasteiger partial charge in [0.05, 0.1) is 11.9 Å². The van der Waals surface area contributed by atoms with Gasteiger partial charge in [-0.15, -0.1) is 0 Å². The first kappa shape index (κ1) is 8.51. The topological polar surface area (TPSA) is 42.1 Å². The number of nitrogen functional groups attached to an aromatic ring is 1. The maximum absolute atomic E-state index is 5.85. The summed E-state index contributed by atoms with van der Waals surface area (Å²) in [4.78, 5) is 6.52. The number of pyridine rings is 1. The number of nitrogens with two attached hydrogens (primary N) is 1. The zero-order valence-corrected chi connectivity index (χ0v) is 7.95. The van der Waals surface area contributed by atoms with E-state index in [1.54, 1.807) is 6.20 Å². The van der Waals surface area contributed by atoms with Crippen molar-refractivity contribution in [3.05, 3.63) is 23.5 Å². The van der Waals surface area contributed by atoms with E-state index in [2.05, 4.69) is 16.8 Å². The predicted octanol–water partition coefficient (Wildman–Crippen LogP) is 1.04. The monoisotopic (exact) mass is 177 g/mol. The van der Waals surface area contributed by atoms with Crippen molar-refractivity contribution >= 4 is 5.69 Å². The van der Waals surface area contributed by atoms with Crippen molar-refractivity contribution in [2.75, 3.05) is 18.8 Å². The van der Waals surface area contributed by atoms with Gasteiger partial charge in [-0.2, -0.15) is 0 Å². The van der Waals surface area contributed by atoms with Gasteiger partial charge in [-0.05, 0) is 24.1 Å². The van der Waals surface area contributed by atoms with Crippen molar-refractivity contribution < 1.29 is 0 Å². The number of fused-ring (bicyclic) bond motifs is 1. The summed E-state index contributed by atoms with van der Waals surface area (Å²) in [6.07, 6.45) is 4.76. The van der Waals surface area contributed by atoms with Crippen LogP contribution in [0.5, 0.6) is 0 Å². The van der Waals surface area contributed by atoms with Crippen LogP contribution >= 0.6 is 0 Å². The first-order chi connectivity index (χ1) is 6.31. The van der Waals surface area contributed by atoms with Crippen LogP contribution in [0.2, 0.25) is 0 Å². The molecule has 1 aromatic rings. The summed E-state index contributed by atoms with van der Waals surface area (Å²) in [6.45, 7) is 5.42. The minimum Gasteiger partial charge on any atom is -0.397 e. The Morgan fingerprint density at radius 3 is 3.15 bits per heavy atom. The molecule has 70 valence electrons. The van der Waals surface area contributed by atoms with Crippen LogP contribution in [0.4, 0.5) is 5.69 Å². The Morgan fingerprint density at radius 1 is 1.54 bits per heavy atom. The van der Waals surface area contributed by atoms with E-state index < -0.39 is 0 Å². The lowest BCUT2D eigenvalue weighted by Gasteiger charge is -2.27. The zero-order valence-electron chi connectivity index (χ0n) is 7.95. The van der Waals surface area contributed by atoms with Crippen molar-refractivity contribution in [2.45, 2.75) is 19.9 Å². The highest BCUT2D eigenvalue weighted by Gasteiger charge is 2.16. The van der Waals surface area contributed by atoms with Gasteiger partial charge >= 0.3 is 0 Å². The van der Waals surface area contributed by atoms with Crippen molar-refractivity contribution in [3.8, 4) is 0 Å². The summed E-state index contributed by atoms with van der Waals surface area (Å²) < 4.78 is 0. The average Bonchev–Trinajstić information content (AvgIpc) is 2.18. The Balaban J connectivity index is 2.31. The quantitative estimate of drug-likeness (QED) is 0.697. The fraction of sp³-hybridized carbons (Fsp3) is 0.500. The van der Waals surface area contributed by atoms with Gasteiger partial charge in [0, 0.05) is 19.3 Å². The normalized spacial score (nSPS) is 17.0. The lowest BCUT2D eigenvalue weighted by atomic mass is 10.0. The molecule has 0 spiro atoms. The molecule has 3 heteroatoms. The van der Waals surface area contributed by atoms with E-state index in [1.165, 1.54) is 11.1 Å². The number of likely N-dealkylation sites (N-methyl/N-ethyl adjacent to an activating group) is 1. The Kier molecular flexibility index (Phi) is 2.19. The van der Waals surface area contributed by atoms with Crippen LogP contribution in [-0.4, -0.2) is 23.0 Å². The summed E-state index contributed by atoms with van der Waals surface area (Å²) in [7, 11) is 0. The summed E-state index contributed by atoms with van der Waals surface area (Å²) in [6, 6.07) is 0. The Morgan fingerprint density at radius 2 is 2.38 bits per heavy atom. The third-order valence-electron chi connectivity index (χ3n) is 2.70. The molecule has 2 rings (SSSR count). The zero-order chi connectivity index (χ0) is 9.26. The van der Waals surface area contributed by atoms with Crippen LogP contribution in [0.25, 0.3) is 0 Å². The van der Waals surface area contributed by atoms with Crippen LogP contribution in [0.1, 0.15) is 18.1 Å². The van der Waals surface area contributed by atoms with Crippen LogP contribution in [0.15, 0.2) is 12.4 Å². The minimum atomic E-state index is 0.855. The highest BCUT2D eigenvalue weighted by Crippen LogP contribution is 2.22. The largest absolute Gasteiger partial charge is 0.397 e. The summed E-state index contributed by atoms with van der Waals surface area (Å²) in [5, 5.41) is 0. The fourth-order valence-electron chi connectivity index (χ4n) is 1.85. The SMILES string of the molecule is CCN1CCc2c(N)cncc2C1. The number of hydrogen-bond acceptors (Lipinski definition) is 3. The van der Waals surface area contributed by atoms with Gasteiger partial charge in [-0.1, -0.05) is 6.92 Å². The van der Waals surface area contributed by atoms with Gasteiger partial charge in [0.25, 0.3) is 0 Å². The number of rotatable bonds is 1. The second-order valence-corrected chi connectivity index (χ2v) is 3.49. The molecule has 0 radical (unpaired) electrons. The van der Waals surface area contributed by atoms with Gasteiger partial charge in [-0.3, -0.25) is 9.88 Å². The molecule has 0 amide bonds. The van der Waals surface area contributed by atoms with E-state index in [4.69, 9.17) is 5.73 Å². The van der Waals surface area contributed by atoms with Gasteiger partial charge in [0.15, 0.2) is 0 Å². The van der Waals surface area contributed by atoms with Crippen molar-refractivity contribution in [1.29, 1.82) is 0 Å². The second-order valence-electron chi connectivity index (χ2n) is 3.49. The molecule has 1 aromatic heterocycles. The van der Waals surface area contributed by atoms with E-state index in [1.807, 2.05) is 6.20 Å². The molecule has 0 atom stereocenters. The third-order valence-corrected chi connectivity index (χ3v) is 2.70. The number of nitrogens with zero attached hydrogens (tertiary/aromatic N) is 2. The Bertz CT molecular complexity index is 309. The maximum Gasteiger partial charge on any atom is 0.0536 e. The molecular weight excluding hydrogens is 162 g/mol. The first-order valence-electron chi connectivity index (χ1n) is 4.75. The van der Waals surface area contributed by atoms with E-state index in [0.717, 1.165) is 31.7 Å². The molecule has 0 aromatic carbocycles. The van der Waals surface area contributed by atoms with Gasteiger partial charge < -0.3 is 5.73 Å². The predicted molar refractivity (Wildman–Crippen MR) is 53.3 cm³/mol. The fourth-order valence-corrected chi connectivity index (χ4v) is 1.85. The second kappa shape index (κ2) is 3.34. The van der Waals surface area contributed by atoms with Crippen molar-refractivity contribution in [2.24, 2.45) is 0 Å². The van der Waals surface area contributed by atoms with E-state index in [-0.39, 0.29) is 0 Å². The van der Waals surface area contributed by atoms with Gasteiger partial charge in [-0.25, -0.2) is 0 Å². The minimum absolute atomic E-state index is 0.855. The maximum atomic E-state index is 5.85. The van der Waals surface area contributed by atoms with Crippen LogP contribution in [-0.2, 0) is 13.0 Å². The molecule has 0 unspecified atom stereocenters. The molecule has 13 heavy (non-hydrogen) atoms. The molecule has 0 fully saturated rings. The Labute approximate surface area is 78.6 Å². The van der Waals surface area contributed by atoms with E-state index >= 15 is 0 Å². The molecule has 0 saturated carbocycles. The molecule has 0 bridgehead atoms. The molecule has 2 N–H and O–H groups in total. The first-order valence-corrected chi connectivity index (χ1v) is 4.75. The lowest BCUT2D eigenvalue weighted by molar-refractivity contribution is 0.268. The highest BCUT2D eigenvalue weighted by atomic mass is 15.1. The standard InChI is InChI=1S/C10H15N3/c1-2-13-4-3-9-8(7-13)5-12-6-10(9)11/h5-6H,2-4,7,11H2,1H3. The smallest absolute Gasteiger partial charge is 0.0536 e. The third kappa shape index (κ3) is 1.52. The lowest BCUT2D eigenvalue weighted by Crippen LogP contribution is -2.30. The molecule has 3 nitrogen and oxygen atoms in total. The molecule has 2 heterocycles. The number of anilines is 1. The van der Waals surface area contributed by atoms with Gasteiger partial charge in [0.2, 0.25) is 0 Å². The number of hydrogen-bond donors (Lipinski definition) is 1. The van der Waals surface area contributed by atoms with Crippen molar-refractivity contribution in [3.63, 3.8) is 0 Å². The van der Waals surface area contributed by atoms with Crippen molar-refractivity contribution in [1.82, 2.24) is 9.88 Å². The van der Waals surface area contributed by atoms with Gasteiger partial charge in [0.1, 0.15) is 0 Å². The summed E-state index contributed by atoms with van der Waals surface area (Å²) in [5.41, 5.74) is 9.31. The summed E-state index contributed by atoms with van der Waals surface area (Å²) in [5.74, 6) is 0.